The average Bonchev–Trinajstić information content (AvgIpc) is 2.72. The van der Waals surface area contributed by atoms with Crippen LogP contribution in [-0.2, 0) is 0 Å². The van der Waals surface area contributed by atoms with Crippen LogP contribution < -0.4 is 0 Å². The highest BCUT2D eigenvalue weighted by Gasteiger charge is 2.38. The number of rotatable bonds is 7. The third-order valence-electron chi connectivity index (χ3n) is 2.80. The van der Waals surface area contributed by atoms with Gasteiger partial charge in [0.25, 0.3) is 0 Å². The van der Waals surface area contributed by atoms with Crippen LogP contribution in [0, 0.1) is 0 Å². The molecule has 0 heterocycles. The first-order chi connectivity index (χ1) is 7.29. The van der Waals surface area contributed by atoms with Gasteiger partial charge in [0.2, 0.25) is 0 Å². The molecular formula is C14H20P+. The minimum Gasteiger partial charge on any atom is -0.0995 e. The summed E-state index contributed by atoms with van der Waals surface area (Å²) in [6, 6.07) is 0. The Kier molecular flexibility index (Phi) is 4.78. The van der Waals surface area contributed by atoms with Crippen molar-refractivity contribution in [2.24, 2.45) is 0 Å². The highest BCUT2D eigenvalue weighted by molar-refractivity contribution is 7.80. The average molecular weight is 219 g/mol. The van der Waals surface area contributed by atoms with E-state index in [0.29, 0.717) is 0 Å². The van der Waals surface area contributed by atoms with Gasteiger partial charge in [0.15, 0.2) is 0 Å². The second kappa shape index (κ2) is 5.88. The van der Waals surface area contributed by atoms with Crippen LogP contribution >= 0.6 is 7.26 Å². The van der Waals surface area contributed by atoms with Gasteiger partial charge in [0, 0.05) is 6.42 Å². The molecule has 0 radical (unpaired) electrons. The Balaban J connectivity index is 2.93. The normalized spacial score (nSPS) is 14.8. The first kappa shape index (κ1) is 12.2. The van der Waals surface area contributed by atoms with Gasteiger partial charge in [-0.05, 0) is 6.08 Å². The van der Waals surface area contributed by atoms with Crippen molar-refractivity contribution in [1.29, 1.82) is 0 Å². The van der Waals surface area contributed by atoms with Gasteiger partial charge in [-0.1, -0.05) is 50.1 Å². The van der Waals surface area contributed by atoms with Crippen LogP contribution in [0.15, 0.2) is 61.5 Å². The number of allylic oxidation sites excluding steroid dienone is 7. The zero-order valence-corrected chi connectivity index (χ0v) is 10.3. The SMILES string of the molecule is C=CC[P+](CC=C)(CC=C)C1=CC=CC1. The van der Waals surface area contributed by atoms with E-state index in [2.05, 4.69) is 56.2 Å². The van der Waals surface area contributed by atoms with E-state index in [1.807, 2.05) is 0 Å². The Labute approximate surface area is 94.1 Å². The summed E-state index contributed by atoms with van der Waals surface area (Å²) in [7, 11) is -1.10. The molecule has 0 aromatic carbocycles. The van der Waals surface area contributed by atoms with Crippen molar-refractivity contribution in [2.75, 3.05) is 18.5 Å². The lowest BCUT2D eigenvalue weighted by molar-refractivity contribution is 1.35. The molecule has 0 aliphatic heterocycles. The predicted molar refractivity (Wildman–Crippen MR) is 74.0 cm³/mol. The van der Waals surface area contributed by atoms with Crippen LogP contribution in [0.25, 0.3) is 0 Å². The second-order valence-electron chi connectivity index (χ2n) is 3.85. The molecule has 0 atom stereocenters. The number of hydrogen-bond donors (Lipinski definition) is 0. The van der Waals surface area contributed by atoms with Crippen molar-refractivity contribution in [3.63, 3.8) is 0 Å². The summed E-state index contributed by atoms with van der Waals surface area (Å²) in [6.45, 7) is 11.7. The standard InChI is InChI=1S/C14H20P/c1-4-11-15(12-5-2,13-6-3)14-9-7-8-10-14/h4-9H,1-3,10-13H2/q+1. The Morgan fingerprint density at radius 1 is 1.07 bits per heavy atom. The highest BCUT2D eigenvalue weighted by Crippen LogP contribution is 2.67. The first-order valence-electron chi connectivity index (χ1n) is 5.34. The molecule has 0 saturated carbocycles. The zero-order valence-electron chi connectivity index (χ0n) is 9.36. The van der Waals surface area contributed by atoms with Gasteiger partial charge in [0.1, 0.15) is 0 Å². The molecular weight excluding hydrogens is 199 g/mol. The summed E-state index contributed by atoms with van der Waals surface area (Å²) >= 11 is 0. The lowest BCUT2D eigenvalue weighted by Gasteiger charge is -2.25. The van der Waals surface area contributed by atoms with Gasteiger partial charge in [-0.25, -0.2) is 0 Å². The van der Waals surface area contributed by atoms with Crippen LogP contribution in [0.4, 0.5) is 0 Å². The van der Waals surface area contributed by atoms with Crippen molar-refractivity contribution >= 4 is 7.26 Å². The summed E-state index contributed by atoms with van der Waals surface area (Å²) < 4.78 is 0. The zero-order chi connectivity index (χ0) is 11.1. The summed E-state index contributed by atoms with van der Waals surface area (Å²) in [5, 5.41) is 1.60. The Hall–Kier alpha value is -0.870. The molecule has 1 rings (SSSR count). The summed E-state index contributed by atoms with van der Waals surface area (Å²) in [6.07, 6.45) is 17.3. The molecule has 0 bridgehead atoms. The Bertz CT molecular complexity index is 281. The molecule has 80 valence electrons. The monoisotopic (exact) mass is 219 g/mol. The molecule has 1 aliphatic carbocycles. The second-order valence-corrected chi connectivity index (χ2v) is 7.81. The van der Waals surface area contributed by atoms with Crippen LogP contribution in [-0.4, -0.2) is 18.5 Å². The lowest BCUT2D eigenvalue weighted by Crippen LogP contribution is -2.06. The molecule has 0 aromatic heterocycles. The maximum atomic E-state index is 3.89. The molecule has 1 heteroatoms. The summed E-state index contributed by atoms with van der Waals surface area (Å²) in [5.41, 5.74) is 0. The molecule has 0 fully saturated rings. The van der Waals surface area contributed by atoms with Crippen LogP contribution in [0.1, 0.15) is 6.42 Å². The molecule has 0 aromatic rings. The summed E-state index contributed by atoms with van der Waals surface area (Å²) in [5.74, 6) is 0. The molecule has 0 spiro atoms. The molecule has 15 heavy (non-hydrogen) atoms. The van der Waals surface area contributed by atoms with Crippen molar-refractivity contribution in [3.05, 3.63) is 61.5 Å². The Morgan fingerprint density at radius 3 is 1.93 bits per heavy atom. The smallest absolute Gasteiger partial charge is 0.0821 e. The van der Waals surface area contributed by atoms with Crippen molar-refractivity contribution in [3.8, 4) is 0 Å². The van der Waals surface area contributed by atoms with E-state index in [0.717, 1.165) is 24.9 Å². The topological polar surface area (TPSA) is 0 Å². The van der Waals surface area contributed by atoms with Crippen LogP contribution in [0.2, 0.25) is 0 Å². The predicted octanol–water partition coefficient (Wildman–Crippen LogP) is 4.41. The van der Waals surface area contributed by atoms with Gasteiger partial charge in [-0.3, -0.25) is 0 Å². The molecule has 0 amide bonds. The van der Waals surface area contributed by atoms with Crippen molar-refractivity contribution in [1.82, 2.24) is 0 Å². The van der Waals surface area contributed by atoms with E-state index in [1.165, 1.54) is 0 Å². The minimum atomic E-state index is -1.10. The van der Waals surface area contributed by atoms with E-state index < -0.39 is 7.26 Å². The lowest BCUT2D eigenvalue weighted by atomic mass is 10.5. The highest BCUT2D eigenvalue weighted by atomic mass is 31.2. The van der Waals surface area contributed by atoms with Crippen molar-refractivity contribution < 1.29 is 0 Å². The minimum absolute atomic E-state index is 1.10. The molecule has 0 N–H and O–H groups in total. The maximum absolute atomic E-state index is 3.89. The molecule has 1 aliphatic rings. The van der Waals surface area contributed by atoms with Gasteiger partial charge >= 0.3 is 0 Å². The van der Waals surface area contributed by atoms with Crippen LogP contribution in [0.3, 0.4) is 0 Å². The molecule has 0 saturated heterocycles. The van der Waals surface area contributed by atoms with Crippen LogP contribution in [0.5, 0.6) is 0 Å². The van der Waals surface area contributed by atoms with Gasteiger partial charge in [-0.15, -0.1) is 0 Å². The fourth-order valence-corrected chi connectivity index (χ4v) is 5.63. The van der Waals surface area contributed by atoms with Gasteiger partial charge in [0.05, 0.1) is 31.1 Å². The fraction of sp³-hybridized carbons (Fsp3) is 0.286. The van der Waals surface area contributed by atoms with Gasteiger partial charge in [-0.2, -0.15) is 0 Å². The van der Waals surface area contributed by atoms with Crippen molar-refractivity contribution in [2.45, 2.75) is 6.42 Å². The van der Waals surface area contributed by atoms with E-state index in [-0.39, 0.29) is 0 Å². The van der Waals surface area contributed by atoms with E-state index in [4.69, 9.17) is 0 Å². The first-order valence-corrected chi connectivity index (χ1v) is 7.68. The maximum Gasteiger partial charge on any atom is 0.0821 e. The largest absolute Gasteiger partial charge is 0.0995 e. The third kappa shape index (κ3) is 2.79. The van der Waals surface area contributed by atoms with Gasteiger partial charge < -0.3 is 0 Å². The quantitative estimate of drug-likeness (QED) is 0.439. The third-order valence-corrected chi connectivity index (χ3v) is 7.22. The Morgan fingerprint density at radius 2 is 1.60 bits per heavy atom. The van der Waals surface area contributed by atoms with E-state index >= 15 is 0 Å². The van der Waals surface area contributed by atoms with E-state index in [1.54, 1.807) is 5.31 Å². The summed E-state index contributed by atoms with van der Waals surface area (Å²) in [4.78, 5) is 0. The van der Waals surface area contributed by atoms with E-state index in [9.17, 15) is 0 Å². The molecule has 0 nitrogen and oxygen atoms in total. The fourth-order valence-electron chi connectivity index (χ4n) is 2.10. The molecule has 0 unspecified atom stereocenters. The number of hydrogen-bond acceptors (Lipinski definition) is 0.